The van der Waals surface area contributed by atoms with Crippen LogP contribution >= 0.6 is 11.3 Å². The Labute approximate surface area is 153 Å². The molecule has 0 aliphatic carbocycles. The van der Waals surface area contributed by atoms with Gasteiger partial charge in [-0.25, -0.2) is 4.98 Å². The maximum Gasteiger partial charge on any atom is 0.276 e. The first-order chi connectivity index (χ1) is 12.6. The van der Waals surface area contributed by atoms with Crippen molar-refractivity contribution in [3.8, 4) is 23.1 Å². The van der Waals surface area contributed by atoms with E-state index in [-0.39, 0.29) is 11.3 Å². The van der Waals surface area contributed by atoms with Crippen LogP contribution in [0.15, 0.2) is 53.9 Å². The number of methoxy groups -OCH3 is 1. The first-order valence-electron chi connectivity index (χ1n) is 7.58. The molecule has 0 fully saturated rings. The SMILES string of the molecule is COc1ccc(-c2csc(/C(C#N)=C/c3ccccc3[N+](=O)[O-])n2)cc1. The van der Waals surface area contributed by atoms with Crippen LogP contribution in [0.4, 0.5) is 5.69 Å². The Hall–Kier alpha value is -3.50. The highest BCUT2D eigenvalue weighted by Gasteiger charge is 2.14. The predicted octanol–water partition coefficient (Wildman–Crippen LogP) is 4.79. The minimum Gasteiger partial charge on any atom is -0.497 e. The summed E-state index contributed by atoms with van der Waals surface area (Å²) >= 11 is 1.32. The second kappa shape index (κ2) is 7.59. The van der Waals surface area contributed by atoms with Crippen molar-refractivity contribution in [2.75, 3.05) is 7.11 Å². The first kappa shape index (κ1) is 17.3. The quantitative estimate of drug-likeness (QED) is 0.369. The third-order valence-corrected chi connectivity index (χ3v) is 4.55. The molecule has 0 aliphatic heterocycles. The van der Waals surface area contributed by atoms with Gasteiger partial charge in [-0.3, -0.25) is 10.1 Å². The largest absolute Gasteiger partial charge is 0.497 e. The van der Waals surface area contributed by atoms with Crippen LogP contribution in [-0.4, -0.2) is 17.0 Å². The summed E-state index contributed by atoms with van der Waals surface area (Å²) in [6, 6.07) is 15.8. The molecule has 1 aromatic heterocycles. The molecular weight excluding hydrogens is 350 g/mol. The third kappa shape index (κ3) is 3.61. The van der Waals surface area contributed by atoms with Crippen molar-refractivity contribution >= 4 is 28.7 Å². The van der Waals surface area contributed by atoms with Crippen molar-refractivity contribution in [2.45, 2.75) is 0 Å². The van der Waals surface area contributed by atoms with E-state index >= 15 is 0 Å². The number of rotatable bonds is 5. The van der Waals surface area contributed by atoms with Gasteiger partial charge in [-0.15, -0.1) is 11.3 Å². The Morgan fingerprint density at radius 1 is 1.27 bits per heavy atom. The van der Waals surface area contributed by atoms with E-state index in [9.17, 15) is 15.4 Å². The Bertz CT molecular complexity index is 1020. The molecule has 0 radical (unpaired) electrons. The van der Waals surface area contributed by atoms with E-state index in [2.05, 4.69) is 11.1 Å². The van der Waals surface area contributed by atoms with E-state index in [1.165, 1.54) is 23.5 Å². The predicted molar refractivity (Wildman–Crippen MR) is 101 cm³/mol. The summed E-state index contributed by atoms with van der Waals surface area (Å²) in [5, 5.41) is 23.0. The van der Waals surface area contributed by atoms with Crippen LogP contribution in [0.3, 0.4) is 0 Å². The van der Waals surface area contributed by atoms with E-state index in [0.29, 0.717) is 10.6 Å². The molecule has 0 aliphatic rings. The molecule has 0 amide bonds. The number of nitrogens with zero attached hydrogens (tertiary/aromatic N) is 3. The number of hydrogen-bond acceptors (Lipinski definition) is 6. The Morgan fingerprint density at radius 2 is 2.00 bits per heavy atom. The van der Waals surface area contributed by atoms with Crippen LogP contribution in [0, 0.1) is 21.4 Å². The molecule has 26 heavy (non-hydrogen) atoms. The Morgan fingerprint density at radius 3 is 2.65 bits per heavy atom. The molecule has 1 heterocycles. The number of thiazole rings is 1. The molecule has 0 N–H and O–H groups in total. The first-order valence-corrected chi connectivity index (χ1v) is 8.46. The van der Waals surface area contributed by atoms with E-state index in [1.54, 1.807) is 25.3 Å². The number of hydrogen-bond donors (Lipinski definition) is 0. The summed E-state index contributed by atoms with van der Waals surface area (Å²) in [7, 11) is 1.60. The second-order valence-electron chi connectivity index (χ2n) is 5.25. The fourth-order valence-corrected chi connectivity index (χ4v) is 3.16. The van der Waals surface area contributed by atoms with E-state index in [1.807, 2.05) is 29.6 Å². The molecule has 0 spiro atoms. The van der Waals surface area contributed by atoms with Crippen molar-refractivity contribution in [3.05, 3.63) is 74.6 Å². The normalized spacial score (nSPS) is 11.0. The summed E-state index contributed by atoms with van der Waals surface area (Å²) < 4.78 is 5.14. The summed E-state index contributed by atoms with van der Waals surface area (Å²) in [6.45, 7) is 0. The van der Waals surface area contributed by atoms with Crippen molar-refractivity contribution in [1.82, 2.24) is 4.98 Å². The molecule has 0 unspecified atom stereocenters. The van der Waals surface area contributed by atoms with Crippen molar-refractivity contribution in [2.24, 2.45) is 0 Å². The summed E-state index contributed by atoms with van der Waals surface area (Å²) in [5.41, 5.74) is 2.24. The Balaban J connectivity index is 1.96. The maximum absolute atomic E-state index is 11.1. The highest BCUT2D eigenvalue weighted by atomic mass is 32.1. The maximum atomic E-state index is 11.1. The van der Waals surface area contributed by atoms with Crippen molar-refractivity contribution in [1.29, 1.82) is 5.26 Å². The lowest BCUT2D eigenvalue weighted by molar-refractivity contribution is -0.385. The molecule has 6 nitrogen and oxygen atoms in total. The van der Waals surface area contributed by atoms with Gasteiger partial charge in [-0.1, -0.05) is 12.1 Å². The molecule has 0 saturated heterocycles. The van der Waals surface area contributed by atoms with E-state index in [0.717, 1.165) is 17.0 Å². The average Bonchev–Trinajstić information content (AvgIpc) is 3.16. The highest BCUT2D eigenvalue weighted by Crippen LogP contribution is 2.29. The molecule has 7 heteroatoms. The summed E-state index contributed by atoms with van der Waals surface area (Å²) in [4.78, 5) is 15.2. The lowest BCUT2D eigenvalue weighted by Gasteiger charge is -2.00. The molecule has 3 rings (SSSR count). The summed E-state index contributed by atoms with van der Waals surface area (Å²) in [6.07, 6.45) is 1.49. The zero-order valence-electron chi connectivity index (χ0n) is 13.7. The fraction of sp³-hybridized carbons (Fsp3) is 0.0526. The molecule has 0 saturated carbocycles. The topological polar surface area (TPSA) is 89.0 Å². The van der Waals surface area contributed by atoms with Gasteiger partial charge in [-0.05, 0) is 36.4 Å². The van der Waals surface area contributed by atoms with Gasteiger partial charge in [0.05, 0.1) is 28.9 Å². The van der Waals surface area contributed by atoms with Crippen LogP contribution < -0.4 is 4.74 Å². The lowest BCUT2D eigenvalue weighted by atomic mass is 10.1. The molecule has 128 valence electrons. The number of aromatic nitrogens is 1. The molecule has 2 aromatic carbocycles. The van der Waals surface area contributed by atoms with Gasteiger partial charge >= 0.3 is 0 Å². The smallest absolute Gasteiger partial charge is 0.276 e. The van der Waals surface area contributed by atoms with Gasteiger partial charge in [0.15, 0.2) is 0 Å². The average molecular weight is 363 g/mol. The number of nitriles is 1. The number of nitro groups is 1. The van der Waals surface area contributed by atoms with Gasteiger partial charge in [0, 0.05) is 17.0 Å². The zero-order valence-corrected chi connectivity index (χ0v) is 14.6. The molecular formula is C19H13N3O3S. The van der Waals surface area contributed by atoms with Gasteiger partial charge in [-0.2, -0.15) is 5.26 Å². The van der Waals surface area contributed by atoms with Gasteiger partial charge < -0.3 is 4.74 Å². The third-order valence-electron chi connectivity index (χ3n) is 3.67. The molecule has 3 aromatic rings. The van der Waals surface area contributed by atoms with Gasteiger partial charge in [0.2, 0.25) is 0 Å². The highest BCUT2D eigenvalue weighted by molar-refractivity contribution is 7.11. The van der Waals surface area contributed by atoms with Crippen LogP contribution in [0.2, 0.25) is 0 Å². The second-order valence-corrected chi connectivity index (χ2v) is 6.11. The van der Waals surface area contributed by atoms with E-state index in [4.69, 9.17) is 4.74 Å². The lowest BCUT2D eigenvalue weighted by Crippen LogP contribution is -1.91. The monoisotopic (exact) mass is 363 g/mol. The van der Waals surface area contributed by atoms with Crippen LogP contribution in [0.25, 0.3) is 22.9 Å². The van der Waals surface area contributed by atoms with Crippen molar-refractivity contribution < 1.29 is 9.66 Å². The number of allylic oxidation sites excluding steroid dienone is 1. The zero-order chi connectivity index (χ0) is 18.5. The van der Waals surface area contributed by atoms with Crippen LogP contribution in [0.1, 0.15) is 10.6 Å². The van der Waals surface area contributed by atoms with E-state index < -0.39 is 4.92 Å². The minimum atomic E-state index is -0.467. The minimum absolute atomic E-state index is 0.0489. The van der Waals surface area contributed by atoms with Gasteiger partial charge in [0.25, 0.3) is 5.69 Å². The summed E-state index contributed by atoms with van der Waals surface area (Å²) in [5.74, 6) is 0.748. The van der Waals surface area contributed by atoms with Crippen LogP contribution in [-0.2, 0) is 0 Å². The Kier molecular flexibility index (Phi) is 5.06. The number of para-hydroxylation sites is 1. The number of benzene rings is 2. The fourth-order valence-electron chi connectivity index (χ4n) is 2.37. The van der Waals surface area contributed by atoms with Crippen LogP contribution in [0.5, 0.6) is 5.75 Å². The standard InChI is InChI=1S/C19H13N3O3S/c1-25-16-8-6-13(7-9-16)17-12-26-19(21-17)15(11-20)10-14-4-2-3-5-18(14)22(23)24/h2-10,12H,1H3/b15-10+. The van der Waals surface area contributed by atoms with Crippen molar-refractivity contribution in [3.63, 3.8) is 0 Å². The molecule has 0 bridgehead atoms. The number of nitro benzene ring substituents is 1. The number of ether oxygens (including phenoxy) is 1. The molecule has 0 atom stereocenters. The van der Waals surface area contributed by atoms with Gasteiger partial charge in [0.1, 0.15) is 16.8 Å².